The Morgan fingerprint density at radius 2 is 1.81 bits per heavy atom. The summed E-state index contributed by atoms with van der Waals surface area (Å²) in [6, 6.07) is 12.6. The summed E-state index contributed by atoms with van der Waals surface area (Å²) in [5.74, 6) is 0.952. The van der Waals surface area contributed by atoms with Gasteiger partial charge in [0.1, 0.15) is 0 Å². The van der Waals surface area contributed by atoms with Crippen LogP contribution >= 0.6 is 0 Å². The number of nitrogens with one attached hydrogen (secondary N) is 1. The second kappa shape index (κ2) is 7.76. The maximum atomic E-state index is 13.5. The lowest BCUT2D eigenvalue weighted by molar-refractivity contribution is -0.118. The second-order valence-electron chi connectivity index (χ2n) is 8.85. The van der Waals surface area contributed by atoms with Crippen molar-refractivity contribution in [2.45, 2.75) is 39.7 Å². The summed E-state index contributed by atoms with van der Waals surface area (Å²) in [6.45, 7) is 5.72. The van der Waals surface area contributed by atoms with Crippen molar-refractivity contribution in [2.24, 2.45) is 5.41 Å². The predicted molar refractivity (Wildman–Crippen MR) is 121 cm³/mol. The van der Waals surface area contributed by atoms with Gasteiger partial charge in [-0.25, -0.2) is 0 Å². The first-order chi connectivity index (χ1) is 14.8. The highest BCUT2D eigenvalue weighted by Gasteiger charge is 2.43. The van der Waals surface area contributed by atoms with Crippen molar-refractivity contribution in [1.29, 1.82) is 0 Å². The van der Waals surface area contributed by atoms with Crippen LogP contribution in [0, 0.1) is 5.41 Å². The summed E-state index contributed by atoms with van der Waals surface area (Å²) in [5.41, 5.74) is 3.54. The molecular formula is C25H28N2O4. The fraction of sp³-hybridized carbons (Fsp3) is 0.360. The van der Waals surface area contributed by atoms with E-state index >= 15 is 0 Å². The van der Waals surface area contributed by atoms with Gasteiger partial charge >= 0.3 is 0 Å². The molecule has 2 aromatic carbocycles. The maximum Gasteiger partial charge on any atom is 0.224 e. The van der Waals surface area contributed by atoms with Gasteiger partial charge in [-0.3, -0.25) is 14.5 Å². The zero-order chi connectivity index (χ0) is 22.3. The van der Waals surface area contributed by atoms with E-state index in [0.29, 0.717) is 29.9 Å². The average molecular weight is 421 g/mol. The molecule has 0 spiro atoms. The van der Waals surface area contributed by atoms with E-state index in [1.165, 1.54) is 6.92 Å². The number of methoxy groups -OCH3 is 2. The molecule has 1 atom stereocenters. The number of ketones is 1. The van der Waals surface area contributed by atoms with E-state index in [0.717, 1.165) is 22.6 Å². The summed E-state index contributed by atoms with van der Waals surface area (Å²) in [5, 5.41) is 3.49. The number of hydrogen-bond donors (Lipinski definition) is 1. The molecule has 2 aliphatic rings. The fourth-order valence-electron chi connectivity index (χ4n) is 4.76. The van der Waals surface area contributed by atoms with E-state index in [9.17, 15) is 9.59 Å². The molecule has 6 nitrogen and oxygen atoms in total. The van der Waals surface area contributed by atoms with Crippen LogP contribution in [-0.4, -0.2) is 25.9 Å². The van der Waals surface area contributed by atoms with Gasteiger partial charge in [-0.1, -0.05) is 38.1 Å². The zero-order valence-corrected chi connectivity index (χ0v) is 18.6. The number of carbonyl (C=O) groups excluding carboxylic acids is 2. The van der Waals surface area contributed by atoms with Crippen molar-refractivity contribution >= 4 is 23.1 Å². The van der Waals surface area contributed by atoms with E-state index < -0.39 is 6.04 Å². The standard InChI is InChI=1S/C25H28N2O4/c1-15(28)27-19-11-7-6-10-17(19)26-18-13-25(2,3)14-20(29)22(18)23(27)16-9-8-12-21(30-4)24(16)31-5/h6-12,23,26H,13-14H2,1-5H3. The van der Waals surface area contributed by atoms with Gasteiger partial charge in [0.25, 0.3) is 0 Å². The first kappa shape index (κ1) is 21.0. The van der Waals surface area contributed by atoms with Gasteiger partial charge in [-0.15, -0.1) is 0 Å². The molecule has 31 heavy (non-hydrogen) atoms. The highest BCUT2D eigenvalue weighted by atomic mass is 16.5. The molecule has 1 amide bonds. The summed E-state index contributed by atoms with van der Waals surface area (Å²) in [7, 11) is 3.15. The number of amides is 1. The quantitative estimate of drug-likeness (QED) is 0.768. The van der Waals surface area contributed by atoms with Crippen LogP contribution in [0.3, 0.4) is 0 Å². The Morgan fingerprint density at radius 3 is 2.48 bits per heavy atom. The number of nitrogens with zero attached hydrogens (tertiary/aromatic N) is 1. The average Bonchev–Trinajstić information content (AvgIpc) is 2.86. The van der Waals surface area contributed by atoms with Crippen molar-refractivity contribution < 1.29 is 19.1 Å². The highest BCUT2D eigenvalue weighted by Crippen LogP contribution is 2.50. The molecule has 0 aromatic heterocycles. The van der Waals surface area contributed by atoms with Crippen molar-refractivity contribution in [1.82, 2.24) is 0 Å². The molecule has 2 aromatic rings. The first-order valence-electron chi connectivity index (χ1n) is 10.4. The SMILES string of the molecule is COc1cccc(C2C3=C(CC(C)(C)CC3=O)Nc3ccccc3N2C(C)=O)c1OC. The molecule has 1 heterocycles. The number of allylic oxidation sites excluding steroid dienone is 1. The van der Waals surface area contributed by atoms with Crippen LogP contribution in [-0.2, 0) is 9.59 Å². The van der Waals surface area contributed by atoms with E-state index in [1.54, 1.807) is 19.1 Å². The Bertz CT molecular complexity index is 1090. The van der Waals surface area contributed by atoms with Crippen LogP contribution in [0.15, 0.2) is 53.7 Å². The van der Waals surface area contributed by atoms with Crippen molar-refractivity contribution in [3.8, 4) is 11.5 Å². The number of benzene rings is 2. The van der Waals surface area contributed by atoms with Crippen molar-refractivity contribution in [3.63, 3.8) is 0 Å². The van der Waals surface area contributed by atoms with Crippen LogP contribution in [0.4, 0.5) is 11.4 Å². The molecule has 1 aliphatic heterocycles. The summed E-state index contributed by atoms with van der Waals surface area (Å²) in [4.78, 5) is 28.3. The predicted octanol–water partition coefficient (Wildman–Crippen LogP) is 4.87. The minimum absolute atomic E-state index is 0.0349. The third-order valence-electron chi connectivity index (χ3n) is 5.97. The Labute approximate surface area is 182 Å². The van der Waals surface area contributed by atoms with Gasteiger partial charge < -0.3 is 14.8 Å². The molecule has 0 fully saturated rings. The largest absolute Gasteiger partial charge is 0.493 e. The van der Waals surface area contributed by atoms with E-state index in [1.807, 2.05) is 42.5 Å². The van der Waals surface area contributed by atoms with Crippen molar-refractivity contribution in [3.05, 3.63) is 59.3 Å². The van der Waals surface area contributed by atoms with Gasteiger partial charge in [0, 0.05) is 30.2 Å². The third kappa shape index (κ3) is 3.56. The number of rotatable bonds is 3. The van der Waals surface area contributed by atoms with Crippen LogP contribution in [0.1, 0.15) is 45.2 Å². The Morgan fingerprint density at radius 1 is 1.06 bits per heavy atom. The molecule has 162 valence electrons. The van der Waals surface area contributed by atoms with E-state index in [2.05, 4.69) is 19.2 Å². The number of carbonyl (C=O) groups is 2. The topological polar surface area (TPSA) is 67.9 Å². The molecular weight excluding hydrogens is 392 g/mol. The second-order valence-corrected chi connectivity index (χ2v) is 8.85. The van der Waals surface area contributed by atoms with Gasteiger partial charge in [-0.2, -0.15) is 0 Å². The molecule has 6 heteroatoms. The lowest BCUT2D eigenvalue weighted by Gasteiger charge is -2.37. The van der Waals surface area contributed by atoms with Gasteiger partial charge in [0.2, 0.25) is 5.91 Å². The molecule has 1 aliphatic carbocycles. The molecule has 4 rings (SSSR count). The number of para-hydroxylation sites is 3. The highest BCUT2D eigenvalue weighted by molar-refractivity contribution is 6.06. The smallest absolute Gasteiger partial charge is 0.224 e. The summed E-state index contributed by atoms with van der Waals surface area (Å²) < 4.78 is 11.2. The molecule has 1 unspecified atom stereocenters. The van der Waals surface area contributed by atoms with E-state index in [4.69, 9.17) is 9.47 Å². The van der Waals surface area contributed by atoms with Crippen LogP contribution in [0.25, 0.3) is 0 Å². The van der Waals surface area contributed by atoms with E-state index in [-0.39, 0.29) is 17.1 Å². The van der Waals surface area contributed by atoms with Crippen molar-refractivity contribution in [2.75, 3.05) is 24.4 Å². The minimum atomic E-state index is -0.628. The monoisotopic (exact) mass is 420 g/mol. The Balaban J connectivity index is 2.06. The van der Waals surface area contributed by atoms with Gasteiger partial charge in [0.05, 0.1) is 31.6 Å². The van der Waals surface area contributed by atoms with Gasteiger partial charge in [-0.05, 0) is 30.0 Å². The first-order valence-corrected chi connectivity index (χ1v) is 10.4. The Hall–Kier alpha value is -3.28. The number of ether oxygens (including phenoxy) is 2. The maximum absolute atomic E-state index is 13.5. The fourth-order valence-corrected chi connectivity index (χ4v) is 4.76. The molecule has 0 radical (unpaired) electrons. The van der Waals surface area contributed by atoms with Crippen LogP contribution < -0.4 is 19.7 Å². The molecule has 0 saturated heterocycles. The lowest BCUT2D eigenvalue weighted by Crippen LogP contribution is -2.38. The number of anilines is 2. The number of hydrogen-bond acceptors (Lipinski definition) is 5. The van der Waals surface area contributed by atoms with Gasteiger partial charge in [0.15, 0.2) is 17.3 Å². The zero-order valence-electron chi connectivity index (χ0n) is 18.6. The minimum Gasteiger partial charge on any atom is -0.493 e. The summed E-state index contributed by atoms with van der Waals surface area (Å²) in [6.07, 6.45) is 1.12. The van der Waals surface area contributed by atoms with Crippen LogP contribution in [0.2, 0.25) is 0 Å². The van der Waals surface area contributed by atoms with Crippen LogP contribution in [0.5, 0.6) is 11.5 Å². The lowest BCUT2D eigenvalue weighted by atomic mass is 9.73. The summed E-state index contributed by atoms with van der Waals surface area (Å²) >= 11 is 0. The Kier molecular flexibility index (Phi) is 5.25. The third-order valence-corrected chi connectivity index (χ3v) is 5.97. The number of fused-ring (bicyclic) bond motifs is 1. The molecule has 1 N–H and O–H groups in total. The normalized spacial score (nSPS) is 19.7. The number of Topliss-reactive ketones (excluding diaryl/α,β-unsaturated/α-hetero) is 1. The molecule has 0 bridgehead atoms. The molecule has 0 saturated carbocycles.